The van der Waals surface area contributed by atoms with E-state index in [0.717, 1.165) is 12.8 Å². The molecule has 0 unspecified atom stereocenters. The van der Waals surface area contributed by atoms with Gasteiger partial charge in [-0.1, -0.05) is 0 Å². The third kappa shape index (κ3) is 3.12. The maximum Gasteiger partial charge on any atom is 0.280 e. The Hall–Kier alpha value is 0.220. The van der Waals surface area contributed by atoms with Crippen molar-refractivity contribution in [1.29, 1.82) is 0 Å². The summed E-state index contributed by atoms with van der Waals surface area (Å²) in [5.41, 5.74) is 0. The van der Waals surface area contributed by atoms with E-state index >= 15 is 0 Å². The zero-order valence-electron chi connectivity index (χ0n) is 8.91. The highest BCUT2D eigenvalue weighted by Gasteiger charge is 2.30. The molecule has 0 amide bonds. The van der Waals surface area contributed by atoms with E-state index < -0.39 is 15.1 Å². The molecular weight excluding hydrogens is 220 g/mol. The molecule has 1 heterocycles. The molecule has 0 saturated carbocycles. The number of rotatable bonds is 4. The maximum absolute atomic E-state index is 11.8. The molecule has 1 fully saturated rings. The van der Waals surface area contributed by atoms with Crippen molar-refractivity contribution < 1.29 is 8.42 Å². The Kier molecular flexibility index (Phi) is 3.85. The minimum atomic E-state index is -3.27. The van der Waals surface area contributed by atoms with E-state index in [2.05, 4.69) is 4.72 Å². The van der Waals surface area contributed by atoms with Gasteiger partial charge < -0.3 is 0 Å². The van der Waals surface area contributed by atoms with Gasteiger partial charge in [0, 0.05) is 13.1 Å². The van der Waals surface area contributed by atoms with Crippen molar-refractivity contribution in [2.45, 2.75) is 31.6 Å². The van der Waals surface area contributed by atoms with Crippen LogP contribution in [0.3, 0.4) is 0 Å². The Morgan fingerprint density at radius 3 is 2.21 bits per heavy atom. The molecule has 6 heteroatoms. The highest BCUT2D eigenvalue weighted by Crippen LogP contribution is 2.21. The van der Waals surface area contributed by atoms with Crippen LogP contribution in [0, 0.1) is 0 Å². The van der Waals surface area contributed by atoms with Crippen molar-refractivity contribution in [2.24, 2.45) is 0 Å². The first kappa shape index (κ1) is 12.3. The molecule has 1 saturated heterocycles. The van der Waals surface area contributed by atoms with Gasteiger partial charge in [0.1, 0.15) is 0 Å². The van der Waals surface area contributed by atoms with Crippen LogP contribution in [-0.2, 0) is 10.2 Å². The first-order valence-electron chi connectivity index (χ1n) is 4.71. The summed E-state index contributed by atoms with van der Waals surface area (Å²) in [4.78, 5) is -0.429. The maximum atomic E-state index is 11.8. The third-order valence-corrected chi connectivity index (χ3v) is 5.36. The molecular formula is C8H18N2O2S2. The van der Waals surface area contributed by atoms with Crippen molar-refractivity contribution in [3.8, 4) is 0 Å². The summed E-state index contributed by atoms with van der Waals surface area (Å²) < 4.78 is 27.8. The lowest BCUT2D eigenvalue weighted by Gasteiger charge is -2.26. The molecule has 0 bridgehead atoms. The number of hydrogen-bond acceptors (Lipinski definition) is 3. The fraction of sp³-hybridized carbons (Fsp3) is 1.00. The molecule has 14 heavy (non-hydrogen) atoms. The predicted molar refractivity (Wildman–Crippen MR) is 60.5 cm³/mol. The van der Waals surface area contributed by atoms with Gasteiger partial charge in [-0.3, -0.25) is 0 Å². The van der Waals surface area contributed by atoms with Crippen LogP contribution in [0.25, 0.3) is 0 Å². The Morgan fingerprint density at radius 1 is 1.29 bits per heavy atom. The summed E-state index contributed by atoms with van der Waals surface area (Å²) >= 11 is 1.50. The lowest BCUT2D eigenvalue weighted by molar-refractivity contribution is 0.453. The summed E-state index contributed by atoms with van der Waals surface area (Å²) in [5.74, 6) is 0. The first-order valence-corrected chi connectivity index (χ1v) is 7.38. The van der Waals surface area contributed by atoms with Gasteiger partial charge in [0.15, 0.2) is 0 Å². The van der Waals surface area contributed by atoms with Crippen LogP contribution >= 0.6 is 11.8 Å². The molecule has 1 N–H and O–H groups in total. The third-order valence-electron chi connectivity index (χ3n) is 2.29. The fourth-order valence-corrected chi connectivity index (χ4v) is 3.48. The number of thioether (sulfide) groups is 1. The van der Waals surface area contributed by atoms with Crippen LogP contribution in [0.5, 0.6) is 0 Å². The molecule has 0 spiro atoms. The van der Waals surface area contributed by atoms with Crippen molar-refractivity contribution in [3.63, 3.8) is 0 Å². The molecule has 0 aromatic heterocycles. The number of nitrogens with one attached hydrogen (secondary N) is 1. The van der Waals surface area contributed by atoms with Gasteiger partial charge in [-0.25, -0.2) is 0 Å². The van der Waals surface area contributed by atoms with Crippen molar-refractivity contribution in [3.05, 3.63) is 0 Å². The fourth-order valence-electron chi connectivity index (χ4n) is 1.35. The lowest BCUT2D eigenvalue weighted by atomic mass is 10.4. The zero-order valence-corrected chi connectivity index (χ0v) is 10.5. The minimum absolute atomic E-state index is 0.429. The van der Waals surface area contributed by atoms with E-state index in [1.807, 2.05) is 20.1 Å². The largest absolute Gasteiger partial charge is 0.280 e. The van der Waals surface area contributed by atoms with Gasteiger partial charge in [0.05, 0.1) is 4.87 Å². The van der Waals surface area contributed by atoms with Gasteiger partial charge in [0.2, 0.25) is 0 Å². The molecule has 1 rings (SSSR count). The number of nitrogens with zero attached hydrogens (tertiary/aromatic N) is 1. The first-order chi connectivity index (χ1) is 6.37. The van der Waals surface area contributed by atoms with E-state index in [4.69, 9.17) is 0 Å². The van der Waals surface area contributed by atoms with E-state index in [0.29, 0.717) is 13.1 Å². The molecule has 0 radical (unpaired) electrons. The second-order valence-corrected chi connectivity index (χ2v) is 7.03. The van der Waals surface area contributed by atoms with Crippen LogP contribution in [-0.4, -0.2) is 36.9 Å². The average molecular weight is 238 g/mol. The second-order valence-electron chi connectivity index (χ2n) is 3.93. The van der Waals surface area contributed by atoms with E-state index in [-0.39, 0.29) is 0 Å². The summed E-state index contributed by atoms with van der Waals surface area (Å²) in [6.07, 6.45) is 3.84. The van der Waals surface area contributed by atoms with Gasteiger partial charge in [0.25, 0.3) is 10.2 Å². The SMILES string of the molecule is CSC(C)(C)NS(=O)(=O)N1CCCC1. The van der Waals surface area contributed by atoms with E-state index in [1.165, 1.54) is 16.1 Å². The highest BCUT2D eigenvalue weighted by molar-refractivity contribution is 8.00. The number of hydrogen-bond donors (Lipinski definition) is 1. The summed E-state index contributed by atoms with van der Waals surface area (Å²) in [7, 11) is -3.27. The lowest BCUT2D eigenvalue weighted by Crippen LogP contribution is -2.47. The van der Waals surface area contributed by atoms with Crippen LogP contribution in [0.15, 0.2) is 0 Å². The van der Waals surface area contributed by atoms with Crippen LogP contribution in [0.2, 0.25) is 0 Å². The standard InChI is InChI=1S/C8H18N2O2S2/c1-8(2,13-3)9-14(11,12)10-6-4-5-7-10/h9H,4-7H2,1-3H3. The van der Waals surface area contributed by atoms with Gasteiger partial charge in [-0.2, -0.15) is 17.4 Å². The quantitative estimate of drug-likeness (QED) is 0.744. The summed E-state index contributed by atoms with van der Waals surface area (Å²) in [5, 5.41) is 0. The van der Waals surface area contributed by atoms with Crippen molar-refractivity contribution >= 4 is 22.0 Å². The smallest absolute Gasteiger partial charge is 0.195 e. The monoisotopic (exact) mass is 238 g/mol. The van der Waals surface area contributed by atoms with Gasteiger partial charge in [-0.05, 0) is 32.9 Å². The Bertz CT molecular complexity index is 282. The molecule has 0 atom stereocenters. The molecule has 0 aromatic carbocycles. The Labute approximate surface area is 90.6 Å². The molecule has 0 aromatic rings. The molecule has 0 aliphatic carbocycles. The Balaban J connectivity index is 2.66. The van der Waals surface area contributed by atoms with Crippen molar-refractivity contribution in [1.82, 2.24) is 9.03 Å². The second kappa shape index (κ2) is 4.38. The molecule has 4 nitrogen and oxygen atoms in total. The average Bonchev–Trinajstić information content (AvgIpc) is 2.54. The van der Waals surface area contributed by atoms with Crippen LogP contribution in [0.1, 0.15) is 26.7 Å². The Morgan fingerprint density at radius 2 is 1.79 bits per heavy atom. The van der Waals surface area contributed by atoms with Gasteiger partial charge >= 0.3 is 0 Å². The molecule has 1 aliphatic heterocycles. The summed E-state index contributed by atoms with van der Waals surface area (Å²) in [6.45, 7) is 5.04. The summed E-state index contributed by atoms with van der Waals surface area (Å²) in [6, 6.07) is 0. The van der Waals surface area contributed by atoms with Gasteiger partial charge in [-0.15, -0.1) is 11.8 Å². The zero-order chi connectivity index (χ0) is 10.8. The van der Waals surface area contributed by atoms with Crippen LogP contribution in [0.4, 0.5) is 0 Å². The van der Waals surface area contributed by atoms with E-state index in [9.17, 15) is 8.42 Å². The topological polar surface area (TPSA) is 49.4 Å². The van der Waals surface area contributed by atoms with Crippen LogP contribution < -0.4 is 4.72 Å². The minimum Gasteiger partial charge on any atom is -0.195 e. The normalized spacial score (nSPS) is 20.2. The predicted octanol–water partition coefficient (Wildman–Crippen LogP) is 1.02. The van der Waals surface area contributed by atoms with Crippen molar-refractivity contribution in [2.75, 3.05) is 19.3 Å². The molecule has 84 valence electrons. The van der Waals surface area contributed by atoms with E-state index in [1.54, 1.807) is 0 Å². The highest BCUT2D eigenvalue weighted by atomic mass is 32.2. The molecule has 1 aliphatic rings.